The first kappa shape index (κ1) is 12.9. The zero-order valence-corrected chi connectivity index (χ0v) is 11.7. The van der Waals surface area contributed by atoms with E-state index in [1.807, 2.05) is 11.4 Å². The second-order valence-electron chi connectivity index (χ2n) is 3.65. The van der Waals surface area contributed by atoms with Crippen molar-refractivity contribution in [1.82, 2.24) is 0 Å². The number of carboxylic acid groups (broad SMARTS) is 1. The number of hydrogen-bond donors (Lipinski definition) is 3. The lowest BCUT2D eigenvalue weighted by molar-refractivity contribution is 0.0697. The summed E-state index contributed by atoms with van der Waals surface area (Å²) in [4.78, 5) is 12.0. The van der Waals surface area contributed by atoms with Gasteiger partial charge in [-0.3, -0.25) is 0 Å². The van der Waals surface area contributed by atoms with E-state index in [1.54, 1.807) is 23.5 Å². The molecule has 18 heavy (non-hydrogen) atoms. The van der Waals surface area contributed by atoms with Gasteiger partial charge in [0.1, 0.15) is 0 Å². The summed E-state index contributed by atoms with van der Waals surface area (Å²) in [5.74, 6) is -0.963. The van der Waals surface area contributed by atoms with Crippen LogP contribution in [0, 0.1) is 0 Å². The average molecular weight is 327 g/mol. The fraction of sp³-hybridized carbons (Fsp3) is 0.0833. The minimum atomic E-state index is -0.963. The first-order valence-electron chi connectivity index (χ1n) is 5.16. The third-order valence-corrected chi connectivity index (χ3v) is 4.36. The Kier molecular flexibility index (Phi) is 3.88. The fourth-order valence-corrected chi connectivity index (χ4v) is 2.90. The van der Waals surface area contributed by atoms with Crippen molar-refractivity contribution >= 4 is 44.6 Å². The van der Waals surface area contributed by atoms with Crippen LogP contribution in [0.5, 0.6) is 0 Å². The van der Waals surface area contributed by atoms with E-state index in [9.17, 15) is 4.79 Å². The molecule has 1 aromatic carbocycles. The van der Waals surface area contributed by atoms with Crippen LogP contribution in [0.25, 0.3) is 0 Å². The molecule has 1 heterocycles. The van der Waals surface area contributed by atoms with Gasteiger partial charge in [0.25, 0.3) is 0 Å². The molecule has 0 aliphatic rings. The number of halogens is 1. The molecule has 4 nitrogen and oxygen atoms in total. The van der Waals surface area contributed by atoms with E-state index in [0.29, 0.717) is 17.9 Å². The third kappa shape index (κ3) is 2.83. The van der Waals surface area contributed by atoms with Gasteiger partial charge >= 0.3 is 5.97 Å². The maximum absolute atomic E-state index is 10.9. The van der Waals surface area contributed by atoms with Crippen LogP contribution in [0.4, 0.5) is 11.4 Å². The van der Waals surface area contributed by atoms with Crippen molar-refractivity contribution in [3.8, 4) is 0 Å². The van der Waals surface area contributed by atoms with Crippen LogP contribution in [0.2, 0.25) is 0 Å². The maximum atomic E-state index is 10.9. The Hall–Kier alpha value is -1.53. The van der Waals surface area contributed by atoms with E-state index >= 15 is 0 Å². The standard InChI is InChI=1S/C12H11BrN2O2S/c13-8-3-4-18-11(8)6-15-10-5-7(12(16)17)1-2-9(10)14/h1-5,15H,6,14H2,(H,16,17). The van der Waals surface area contributed by atoms with Gasteiger partial charge in [0.05, 0.1) is 23.5 Å². The van der Waals surface area contributed by atoms with Gasteiger partial charge in [-0.15, -0.1) is 11.3 Å². The lowest BCUT2D eigenvalue weighted by Gasteiger charge is -2.09. The molecule has 0 aliphatic heterocycles. The zero-order chi connectivity index (χ0) is 13.1. The molecule has 6 heteroatoms. The van der Waals surface area contributed by atoms with Crippen molar-refractivity contribution in [2.45, 2.75) is 6.54 Å². The molecule has 2 rings (SSSR count). The number of nitrogens with two attached hydrogens (primary N) is 1. The van der Waals surface area contributed by atoms with E-state index in [-0.39, 0.29) is 5.56 Å². The van der Waals surface area contributed by atoms with Gasteiger partial charge in [-0.1, -0.05) is 0 Å². The lowest BCUT2D eigenvalue weighted by Crippen LogP contribution is -2.04. The molecule has 0 saturated heterocycles. The highest BCUT2D eigenvalue weighted by Crippen LogP contribution is 2.26. The summed E-state index contributed by atoms with van der Waals surface area (Å²) in [5, 5.41) is 14.1. The van der Waals surface area contributed by atoms with Crippen molar-refractivity contribution in [3.63, 3.8) is 0 Å². The summed E-state index contributed by atoms with van der Waals surface area (Å²) in [6, 6.07) is 6.59. The molecule has 1 aromatic heterocycles. The van der Waals surface area contributed by atoms with E-state index in [2.05, 4.69) is 21.2 Å². The summed E-state index contributed by atoms with van der Waals surface area (Å²) in [6.45, 7) is 0.603. The molecule has 0 unspecified atom stereocenters. The molecular formula is C12H11BrN2O2S. The van der Waals surface area contributed by atoms with Crippen LogP contribution in [0.3, 0.4) is 0 Å². The summed E-state index contributed by atoms with van der Waals surface area (Å²) in [7, 11) is 0. The summed E-state index contributed by atoms with van der Waals surface area (Å²) in [6.07, 6.45) is 0. The van der Waals surface area contributed by atoms with Crippen LogP contribution < -0.4 is 11.1 Å². The molecule has 0 radical (unpaired) electrons. The van der Waals surface area contributed by atoms with Gasteiger partial charge in [-0.25, -0.2) is 4.79 Å². The highest BCUT2D eigenvalue weighted by molar-refractivity contribution is 9.10. The number of nitrogen functional groups attached to an aromatic ring is 1. The first-order chi connectivity index (χ1) is 8.58. The Balaban J connectivity index is 2.16. The summed E-state index contributed by atoms with van der Waals surface area (Å²) in [5.41, 5.74) is 7.19. The molecule has 0 spiro atoms. The number of carboxylic acids is 1. The predicted molar refractivity (Wildman–Crippen MR) is 77.2 cm³/mol. The largest absolute Gasteiger partial charge is 0.478 e. The van der Waals surface area contributed by atoms with Gasteiger partial charge in [0, 0.05) is 9.35 Å². The minimum absolute atomic E-state index is 0.219. The van der Waals surface area contributed by atoms with E-state index in [0.717, 1.165) is 9.35 Å². The van der Waals surface area contributed by atoms with Gasteiger partial charge in [0.2, 0.25) is 0 Å². The Morgan fingerprint density at radius 2 is 2.22 bits per heavy atom. The number of thiophene rings is 1. The van der Waals surface area contributed by atoms with E-state index in [1.165, 1.54) is 6.07 Å². The number of carbonyl (C=O) groups is 1. The molecule has 0 bridgehead atoms. The van der Waals surface area contributed by atoms with Crippen molar-refractivity contribution in [2.24, 2.45) is 0 Å². The SMILES string of the molecule is Nc1ccc(C(=O)O)cc1NCc1sccc1Br. The first-order valence-corrected chi connectivity index (χ1v) is 6.84. The average Bonchev–Trinajstić information content (AvgIpc) is 2.73. The number of aromatic carboxylic acids is 1. The second-order valence-corrected chi connectivity index (χ2v) is 5.51. The molecule has 4 N–H and O–H groups in total. The smallest absolute Gasteiger partial charge is 0.335 e. The molecule has 94 valence electrons. The fourth-order valence-electron chi connectivity index (χ4n) is 1.47. The highest BCUT2D eigenvalue weighted by Gasteiger charge is 2.07. The maximum Gasteiger partial charge on any atom is 0.335 e. The highest BCUT2D eigenvalue weighted by atomic mass is 79.9. The van der Waals surface area contributed by atoms with Crippen LogP contribution >= 0.6 is 27.3 Å². The van der Waals surface area contributed by atoms with Gasteiger partial charge < -0.3 is 16.2 Å². The minimum Gasteiger partial charge on any atom is -0.478 e. The van der Waals surface area contributed by atoms with E-state index < -0.39 is 5.97 Å². The van der Waals surface area contributed by atoms with Crippen LogP contribution in [0.15, 0.2) is 34.1 Å². The quantitative estimate of drug-likeness (QED) is 0.752. The number of benzene rings is 1. The summed E-state index contributed by atoms with van der Waals surface area (Å²) < 4.78 is 1.04. The monoisotopic (exact) mass is 326 g/mol. The number of nitrogens with one attached hydrogen (secondary N) is 1. The molecule has 0 fully saturated rings. The number of hydrogen-bond acceptors (Lipinski definition) is 4. The molecule has 0 amide bonds. The predicted octanol–water partition coefficient (Wildman–Crippen LogP) is 3.40. The molecule has 2 aromatic rings. The second kappa shape index (κ2) is 5.41. The third-order valence-electron chi connectivity index (χ3n) is 2.43. The molecule has 0 atom stereocenters. The van der Waals surface area contributed by atoms with Gasteiger partial charge in [0.15, 0.2) is 0 Å². The molecule has 0 aliphatic carbocycles. The van der Waals surface area contributed by atoms with Gasteiger partial charge in [-0.2, -0.15) is 0 Å². The zero-order valence-electron chi connectivity index (χ0n) is 9.31. The van der Waals surface area contributed by atoms with E-state index in [4.69, 9.17) is 10.8 Å². The summed E-state index contributed by atoms with van der Waals surface area (Å²) >= 11 is 5.06. The van der Waals surface area contributed by atoms with Crippen molar-refractivity contribution in [1.29, 1.82) is 0 Å². The van der Waals surface area contributed by atoms with Crippen LogP contribution in [-0.2, 0) is 6.54 Å². The van der Waals surface area contributed by atoms with Crippen LogP contribution in [-0.4, -0.2) is 11.1 Å². The van der Waals surface area contributed by atoms with Gasteiger partial charge in [-0.05, 0) is 45.6 Å². The Morgan fingerprint density at radius 3 is 2.83 bits per heavy atom. The molecular weight excluding hydrogens is 316 g/mol. The Labute approximate surface area is 117 Å². The Morgan fingerprint density at radius 1 is 1.44 bits per heavy atom. The van der Waals surface area contributed by atoms with Crippen molar-refractivity contribution < 1.29 is 9.90 Å². The molecule has 0 saturated carbocycles. The number of rotatable bonds is 4. The van der Waals surface area contributed by atoms with Crippen LogP contribution in [0.1, 0.15) is 15.2 Å². The van der Waals surface area contributed by atoms with Crippen molar-refractivity contribution in [3.05, 3.63) is 44.6 Å². The Bertz CT molecular complexity index is 583. The normalized spacial score (nSPS) is 10.3. The van der Waals surface area contributed by atoms with Crippen molar-refractivity contribution in [2.75, 3.05) is 11.1 Å². The lowest BCUT2D eigenvalue weighted by atomic mass is 10.1. The topological polar surface area (TPSA) is 75.4 Å². The number of anilines is 2.